The van der Waals surface area contributed by atoms with Gasteiger partial charge in [-0.05, 0) is 35.0 Å². The van der Waals surface area contributed by atoms with Crippen LogP contribution in [-0.4, -0.2) is 45.2 Å². The Morgan fingerprint density at radius 3 is 1.65 bits per heavy atom. The first kappa shape index (κ1) is 22.9. The van der Waals surface area contributed by atoms with Crippen LogP contribution in [0.25, 0.3) is 0 Å². The van der Waals surface area contributed by atoms with Crippen molar-refractivity contribution < 1.29 is 18.4 Å². The van der Waals surface area contributed by atoms with E-state index >= 15 is 0 Å². The Labute approximate surface area is 126 Å². The van der Waals surface area contributed by atoms with E-state index in [9.17, 15) is 4.79 Å². The number of hydrogen-bond donors (Lipinski definition) is 0. The average molecular weight is 399 g/mol. The molecule has 0 radical (unpaired) electrons. The second-order valence-corrected chi connectivity index (χ2v) is 6.14. The zero-order valence-corrected chi connectivity index (χ0v) is 15.3. The van der Waals surface area contributed by atoms with Gasteiger partial charge in [-0.25, -0.2) is 0 Å². The van der Waals surface area contributed by atoms with Crippen LogP contribution in [0.3, 0.4) is 0 Å². The lowest BCUT2D eigenvalue weighted by atomic mass is 10.9. The Bertz CT molecular complexity index is 228. The van der Waals surface area contributed by atoms with Crippen LogP contribution in [0.15, 0.2) is 0 Å². The fourth-order valence-electron chi connectivity index (χ4n) is 0.564. The molecule has 0 unspecified atom stereocenters. The van der Waals surface area contributed by atoms with Crippen molar-refractivity contribution in [3.05, 3.63) is 0 Å². The summed E-state index contributed by atoms with van der Waals surface area (Å²) in [6, 6.07) is 0. The van der Waals surface area contributed by atoms with Crippen molar-refractivity contribution >= 4 is 48.5 Å². The van der Waals surface area contributed by atoms with E-state index in [1.807, 2.05) is 26.0 Å². The third-order valence-electron chi connectivity index (χ3n) is 0.815. The molecule has 0 aliphatic carbocycles. The Morgan fingerprint density at radius 2 is 1.47 bits per heavy atom. The molecule has 0 bridgehead atoms. The van der Waals surface area contributed by atoms with Crippen molar-refractivity contribution in [3.63, 3.8) is 0 Å². The molecule has 5 nitrogen and oxygen atoms in total. The molecule has 0 heterocycles. The molecule has 8 heteroatoms. The van der Waals surface area contributed by atoms with Gasteiger partial charge in [0.25, 0.3) is 0 Å². The zero-order chi connectivity index (χ0) is 13.2. The van der Waals surface area contributed by atoms with Gasteiger partial charge in [0, 0.05) is 18.7 Å². The molecule has 0 atom stereocenters. The van der Waals surface area contributed by atoms with E-state index in [0.717, 1.165) is 0 Å². The number of carbonyl (C=O) groups excluding carboxylic acids is 1. The van der Waals surface area contributed by atoms with E-state index in [0.29, 0.717) is 13.2 Å². The van der Waals surface area contributed by atoms with Gasteiger partial charge in [0.05, 0.1) is 13.2 Å². The Morgan fingerprint density at radius 1 is 1.18 bits per heavy atom. The summed E-state index contributed by atoms with van der Waals surface area (Å²) in [6.07, 6.45) is 0. The van der Waals surface area contributed by atoms with Gasteiger partial charge in [0.2, 0.25) is 0 Å². The van der Waals surface area contributed by atoms with E-state index < -0.39 is 12.7 Å². The highest BCUT2D eigenvalue weighted by molar-refractivity contribution is 14.0. The first-order chi connectivity index (χ1) is 7.27. The molecule has 106 valence electrons. The number of carbonyl (C=O) groups is 1. The Hall–Kier alpha value is 0.730. The molecule has 0 aliphatic rings. The predicted molar refractivity (Wildman–Crippen MR) is 84.3 cm³/mol. The van der Waals surface area contributed by atoms with Crippen LogP contribution in [0, 0.1) is 0 Å². The third-order valence-corrected chi connectivity index (χ3v) is 3.30. The minimum Gasteiger partial charge on any atom is -0.392 e. The zero-order valence-electron chi connectivity index (χ0n) is 11.3. The maximum Gasteiger partial charge on any atom is 0.382 e. The maximum atomic E-state index is 10.6. The van der Waals surface area contributed by atoms with Crippen molar-refractivity contribution in [1.29, 1.82) is 0 Å². The van der Waals surface area contributed by atoms with E-state index in [4.69, 9.17) is 25.4 Å². The number of nitrogens with zero attached hydrogens (tertiary/aromatic N) is 1. The van der Waals surface area contributed by atoms with Crippen molar-refractivity contribution in [2.45, 2.75) is 20.8 Å². The maximum absolute atomic E-state index is 10.6. The molecule has 0 aliphatic heterocycles. The molecular formula is C9H23INO4PS. The summed E-state index contributed by atoms with van der Waals surface area (Å²) in [7, 11) is 6.00. The van der Waals surface area contributed by atoms with Gasteiger partial charge in [-0.3, -0.25) is 13.8 Å². The summed E-state index contributed by atoms with van der Waals surface area (Å²) >= 11 is 4.90. The molecule has 0 rings (SSSR count). The molecule has 0 aromatic heterocycles. The Kier molecular flexibility index (Phi) is 17.7. The number of hydrogen-bond acceptors (Lipinski definition) is 6. The van der Waals surface area contributed by atoms with Gasteiger partial charge in [0.1, 0.15) is 0 Å². The summed E-state index contributed by atoms with van der Waals surface area (Å²) in [6.45, 7) is 2.78. The first-order valence-corrected chi connectivity index (χ1v) is 7.53. The summed E-state index contributed by atoms with van der Waals surface area (Å²) in [5, 5.41) is 0. The summed E-state index contributed by atoms with van der Waals surface area (Å²) in [5.74, 6) is -0.472. The smallest absolute Gasteiger partial charge is 0.382 e. The highest BCUT2D eigenvalue weighted by atomic mass is 127. The summed E-state index contributed by atoms with van der Waals surface area (Å²) in [5.41, 5.74) is 0. The topological polar surface area (TPSA) is 48.0 Å². The first-order valence-electron chi connectivity index (χ1n) is 4.97. The lowest BCUT2D eigenvalue weighted by Crippen LogP contribution is -2.03. The van der Waals surface area contributed by atoms with Crippen molar-refractivity contribution in [3.8, 4) is 0 Å². The van der Waals surface area contributed by atoms with Gasteiger partial charge < -0.3 is 9.42 Å². The van der Waals surface area contributed by atoms with E-state index in [-0.39, 0.29) is 24.0 Å². The Balaban J connectivity index is -0.000000340. The van der Waals surface area contributed by atoms with Crippen molar-refractivity contribution in [1.82, 2.24) is 4.90 Å². The highest BCUT2D eigenvalue weighted by Gasteiger charge is 2.21. The monoisotopic (exact) mass is 399 g/mol. The highest BCUT2D eigenvalue weighted by Crippen LogP contribution is 2.49. The standard InChI is InChI=1S/C6H13O4PS.C3H9N.HI/c1-4-8-11(12,9-5-2)10-6(3)7;1-4(2)3;/h4-5H2,1-3H3;1-3H3;1H. The molecular weight excluding hydrogens is 376 g/mol. The molecule has 0 amide bonds. The molecule has 0 aromatic carbocycles. The largest absolute Gasteiger partial charge is 0.392 e. The van der Waals surface area contributed by atoms with Gasteiger partial charge in [0.15, 0.2) is 0 Å². The van der Waals surface area contributed by atoms with E-state index in [1.165, 1.54) is 6.92 Å². The van der Waals surface area contributed by atoms with Crippen molar-refractivity contribution in [2.75, 3.05) is 34.4 Å². The summed E-state index contributed by atoms with van der Waals surface area (Å²) < 4.78 is 14.8. The van der Waals surface area contributed by atoms with Crippen LogP contribution in [0.2, 0.25) is 0 Å². The lowest BCUT2D eigenvalue weighted by Gasteiger charge is -2.18. The van der Waals surface area contributed by atoms with E-state index in [1.54, 1.807) is 13.8 Å². The molecule has 0 saturated heterocycles. The van der Waals surface area contributed by atoms with Gasteiger partial charge in [-0.2, -0.15) is 0 Å². The van der Waals surface area contributed by atoms with Gasteiger partial charge in [-0.1, -0.05) is 0 Å². The molecule has 0 spiro atoms. The predicted octanol–water partition coefficient (Wildman–Crippen LogP) is 2.64. The third kappa shape index (κ3) is 19.3. The van der Waals surface area contributed by atoms with Gasteiger partial charge in [-0.15, -0.1) is 24.0 Å². The van der Waals surface area contributed by atoms with Crippen LogP contribution in [0.1, 0.15) is 20.8 Å². The number of halogens is 1. The second kappa shape index (κ2) is 13.2. The van der Waals surface area contributed by atoms with Crippen LogP contribution in [0.5, 0.6) is 0 Å². The van der Waals surface area contributed by atoms with Crippen LogP contribution < -0.4 is 0 Å². The lowest BCUT2D eigenvalue weighted by molar-refractivity contribution is -0.132. The molecule has 17 heavy (non-hydrogen) atoms. The molecule has 0 aromatic rings. The van der Waals surface area contributed by atoms with Crippen LogP contribution >= 0.6 is 30.7 Å². The van der Waals surface area contributed by atoms with Gasteiger partial charge >= 0.3 is 12.7 Å². The molecule has 0 N–H and O–H groups in total. The quantitative estimate of drug-likeness (QED) is 0.524. The summed E-state index contributed by atoms with van der Waals surface area (Å²) in [4.78, 5) is 12.6. The minimum atomic E-state index is -2.79. The minimum absolute atomic E-state index is 0. The van der Waals surface area contributed by atoms with E-state index in [2.05, 4.69) is 0 Å². The normalized spacial score (nSPS) is 10.1. The second-order valence-electron chi connectivity index (χ2n) is 3.21. The fraction of sp³-hybridized carbons (Fsp3) is 0.889. The number of rotatable bonds is 5. The average Bonchev–Trinajstić information content (AvgIpc) is 2.00. The molecule has 0 fully saturated rings. The van der Waals surface area contributed by atoms with Crippen molar-refractivity contribution in [2.24, 2.45) is 0 Å². The fourth-order valence-corrected chi connectivity index (χ4v) is 2.64. The molecule has 0 saturated carbocycles. The van der Waals surface area contributed by atoms with Crippen LogP contribution in [0.4, 0.5) is 0 Å². The van der Waals surface area contributed by atoms with Crippen LogP contribution in [-0.2, 0) is 30.2 Å². The SMILES string of the molecule is CCOP(=S)(OCC)OC(C)=O.CN(C)C.I.